The number of amides is 1. The Morgan fingerprint density at radius 1 is 0.343 bits per heavy atom. The fourth-order valence-corrected chi connectivity index (χ4v) is 13.8. The Balaban J connectivity index is 1.33. The van der Waals surface area contributed by atoms with Gasteiger partial charge in [0.15, 0.2) is 18.9 Å². The minimum Gasteiger partial charge on any atom is -0.394 e. The molecule has 3 saturated heterocycles. The first-order chi connectivity index (χ1) is 52.8. The summed E-state index contributed by atoms with van der Waals surface area (Å²) in [6.45, 7) is 1.71. The van der Waals surface area contributed by atoms with Crippen LogP contribution in [0.1, 0.15) is 303 Å². The fraction of sp³-hybridized carbons (Fsp3) is 0.764. The second-order valence-corrected chi connectivity index (χ2v) is 29.9. The van der Waals surface area contributed by atoms with Crippen LogP contribution < -0.4 is 5.32 Å². The molecule has 0 saturated carbocycles. The molecule has 19 nitrogen and oxygen atoms in total. The molecule has 3 aliphatic rings. The number of aliphatic hydroxyl groups is 11. The molecule has 3 aliphatic heterocycles. The minimum absolute atomic E-state index is 0.249. The van der Waals surface area contributed by atoms with Crippen LogP contribution in [0.4, 0.5) is 0 Å². The fourth-order valence-electron chi connectivity index (χ4n) is 13.8. The van der Waals surface area contributed by atoms with E-state index in [1.165, 1.54) is 148 Å². The summed E-state index contributed by atoms with van der Waals surface area (Å²) in [6, 6.07) is -0.899. The molecule has 12 N–H and O–H groups in total. The second kappa shape index (κ2) is 67.7. The van der Waals surface area contributed by atoms with Crippen LogP contribution in [0, 0.1) is 0 Å². The van der Waals surface area contributed by atoms with E-state index in [4.69, 9.17) is 28.4 Å². The number of nitrogens with one attached hydrogen (secondary N) is 1. The number of allylic oxidation sites excluding steroid dienone is 20. The first-order valence-electron chi connectivity index (χ1n) is 42.8. The van der Waals surface area contributed by atoms with Crippen molar-refractivity contribution in [1.29, 1.82) is 0 Å². The highest BCUT2D eigenvalue weighted by Crippen LogP contribution is 2.33. The van der Waals surface area contributed by atoms with E-state index in [0.29, 0.717) is 12.8 Å². The molecule has 0 aliphatic carbocycles. The summed E-state index contributed by atoms with van der Waals surface area (Å²) in [5.41, 5.74) is 0. The van der Waals surface area contributed by atoms with E-state index in [9.17, 15) is 61.0 Å². The van der Waals surface area contributed by atoms with Crippen LogP contribution >= 0.6 is 0 Å². The lowest BCUT2D eigenvalue weighted by atomic mass is 9.96. The van der Waals surface area contributed by atoms with Gasteiger partial charge in [-0.15, -0.1) is 0 Å². The van der Waals surface area contributed by atoms with Gasteiger partial charge >= 0.3 is 0 Å². The van der Waals surface area contributed by atoms with Crippen LogP contribution in [0.5, 0.6) is 0 Å². The van der Waals surface area contributed by atoms with Gasteiger partial charge in [-0.1, -0.05) is 328 Å². The first kappa shape index (κ1) is 98.4. The van der Waals surface area contributed by atoms with Gasteiger partial charge in [-0.2, -0.15) is 0 Å². The zero-order valence-corrected chi connectivity index (χ0v) is 66.8. The standard InChI is InChI=1S/C89H153NO18/c1-3-5-7-9-11-13-15-17-19-21-23-25-27-28-29-30-31-32-33-34-35-36-37-38-39-40-41-42-43-44-45-47-49-51-53-55-57-59-61-63-65-67-77(95)90-72(73(94)66-64-62-60-58-56-54-52-50-48-46-26-24-22-20-18-16-14-12-10-8-6-4-2)71-103-87-83(101)80(98)85(75(69-92)105-87)108-89-84(102)81(99)86(76(70-93)106-89)107-88-82(100)79(97)78(96)74(68-91)104-88/h5,7,11,13,17,19,23,25,28-29,31-32,34-35,37-38,40-41,43-44,72-76,78-89,91-94,96-102H,3-4,6,8-10,12,14-16,18,20-22,24,26-27,30,33,36,39,42,45-71H2,1-2H3,(H,90,95)/b7-5-,13-11-,19-17-,25-23-,29-28-,32-31-,35-34-,38-37-,41-40-,44-43-. The van der Waals surface area contributed by atoms with Gasteiger partial charge < -0.3 is 89.9 Å². The molecule has 3 fully saturated rings. The maximum atomic E-state index is 13.5. The van der Waals surface area contributed by atoms with Crippen molar-refractivity contribution < 1.29 is 89.4 Å². The Labute approximate surface area is 652 Å². The van der Waals surface area contributed by atoms with Crippen LogP contribution in [-0.4, -0.2) is 193 Å². The quantitative estimate of drug-likeness (QED) is 0.0199. The van der Waals surface area contributed by atoms with Gasteiger partial charge in [-0.05, 0) is 89.9 Å². The highest BCUT2D eigenvalue weighted by molar-refractivity contribution is 5.76. The topological polar surface area (TPSA) is 307 Å². The SMILES string of the molecule is CC/C=C\C/C=C\C/C=C\C/C=C\C/C=C\C/C=C\C/C=C\C/C=C\C/C=C\C/C=C\CCCCCCCCCCCCC(=O)NC(COC1OC(CO)C(OC2OC(CO)C(OC3OC(CO)C(O)C(O)C3O)C(O)C2O)C(O)C1O)C(O)CCCCCCCCCCCCCCCCCCCCCCCC. The van der Waals surface area contributed by atoms with E-state index in [1.54, 1.807) is 0 Å². The van der Waals surface area contributed by atoms with E-state index in [-0.39, 0.29) is 18.9 Å². The predicted octanol–water partition coefficient (Wildman–Crippen LogP) is 15.5. The summed E-state index contributed by atoms with van der Waals surface area (Å²) < 4.78 is 34.5. The minimum atomic E-state index is -1.98. The van der Waals surface area contributed by atoms with Gasteiger partial charge in [0.25, 0.3) is 0 Å². The predicted molar refractivity (Wildman–Crippen MR) is 433 cm³/mol. The lowest BCUT2D eigenvalue weighted by Crippen LogP contribution is -2.66. The highest BCUT2D eigenvalue weighted by Gasteiger charge is 2.54. The van der Waals surface area contributed by atoms with Crippen molar-refractivity contribution in [2.75, 3.05) is 26.4 Å². The lowest BCUT2D eigenvalue weighted by molar-refractivity contribution is -0.379. The van der Waals surface area contributed by atoms with Gasteiger partial charge in [0.1, 0.15) is 73.2 Å². The number of aliphatic hydroxyl groups excluding tert-OH is 11. The molecule has 17 unspecified atom stereocenters. The van der Waals surface area contributed by atoms with Crippen molar-refractivity contribution in [2.45, 2.75) is 407 Å². The van der Waals surface area contributed by atoms with E-state index in [0.717, 1.165) is 122 Å². The summed E-state index contributed by atoms with van der Waals surface area (Å²) in [6.07, 6.45) is 68.5. The zero-order chi connectivity index (χ0) is 78.1. The molecule has 0 bridgehead atoms. The number of unbranched alkanes of at least 4 members (excludes halogenated alkanes) is 31. The number of carbonyl (C=O) groups excluding carboxylic acids is 1. The van der Waals surface area contributed by atoms with Crippen LogP contribution in [0.3, 0.4) is 0 Å². The summed E-state index contributed by atoms with van der Waals surface area (Å²) >= 11 is 0. The van der Waals surface area contributed by atoms with Gasteiger partial charge in [0, 0.05) is 6.42 Å². The Morgan fingerprint density at radius 3 is 1.00 bits per heavy atom. The largest absolute Gasteiger partial charge is 0.394 e. The molecular formula is C89H153NO18. The van der Waals surface area contributed by atoms with E-state index in [2.05, 4.69) is 141 Å². The average molecular weight is 1530 g/mol. The number of hydrogen-bond acceptors (Lipinski definition) is 18. The van der Waals surface area contributed by atoms with Crippen molar-refractivity contribution in [2.24, 2.45) is 0 Å². The van der Waals surface area contributed by atoms with Gasteiger partial charge in [-0.25, -0.2) is 0 Å². The molecule has 0 spiro atoms. The number of hydrogen-bond donors (Lipinski definition) is 12. The molecule has 0 aromatic heterocycles. The maximum Gasteiger partial charge on any atom is 0.220 e. The van der Waals surface area contributed by atoms with Gasteiger partial charge in [-0.3, -0.25) is 4.79 Å². The molecule has 622 valence electrons. The third kappa shape index (κ3) is 46.4. The van der Waals surface area contributed by atoms with Crippen LogP contribution in [-0.2, 0) is 33.2 Å². The van der Waals surface area contributed by atoms with E-state index >= 15 is 0 Å². The molecule has 19 heteroatoms. The van der Waals surface area contributed by atoms with E-state index < -0.39 is 124 Å². The number of rotatable bonds is 67. The second-order valence-electron chi connectivity index (χ2n) is 29.9. The van der Waals surface area contributed by atoms with Crippen LogP contribution in [0.2, 0.25) is 0 Å². The van der Waals surface area contributed by atoms with Crippen LogP contribution in [0.25, 0.3) is 0 Å². The van der Waals surface area contributed by atoms with Crippen molar-refractivity contribution in [1.82, 2.24) is 5.32 Å². The molecule has 0 aromatic carbocycles. The molecule has 17 atom stereocenters. The Morgan fingerprint density at radius 2 is 0.639 bits per heavy atom. The average Bonchev–Trinajstić information content (AvgIpc) is 0.787. The highest BCUT2D eigenvalue weighted by atomic mass is 16.8. The molecule has 3 heterocycles. The van der Waals surface area contributed by atoms with E-state index in [1.807, 2.05) is 0 Å². The summed E-state index contributed by atoms with van der Waals surface area (Å²) in [5, 5.41) is 121. The molecule has 0 aromatic rings. The third-order valence-corrected chi connectivity index (χ3v) is 20.6. The Kier molecular flexibility index (Phi) is 61.6. The third-order valence-electron chi connectivity index (χ3n) is 20.6. The summed E-state index contributed by atoms with van der Waals surface area (Å²) in [7, 11) is 0. The van der Waals surface area contributed by atoms with Crippen molar-refractivity contribution in [3.63, 3.8) is 0 Å². The zero-order valence-electron chi connectivity index (χ0n) is 66.8. The van der Waals surface area contributed by atoms with Crippen LogP contribution in [0.15, 0.2) is 122 Å². The van der Waals surface area contributed by atoms with Crippen molar-refractivity contribution in [3.8, 4) is 0 Å². The molecular weight excluding hydrogens is 1370 g/mol. The summed E-state index contributed by atoms with van der Waals surface area (Å²) in [5.74, 6) is -0.249. The van der Waals surface area contributed by atoms with Crippen molar-refractivity contribution >= 4 is 5.91 Å². The Bertz CT molecular complexity index is 2420. The monoisotopic (exact) mass is 1520 g/mol. The normalized spacial score (nSPS) is 26.0. The Hall–Kier alpha value is -3.81. The lowest BCUT2D eigenvalue weighted by Gasteiger charge is -2.48. The van der Waals surface area contributed by atoms with Crippen molar-refractivity contribution in [3.05, 3.63) is 122 Å². The number of ether oxygens (including phenoxy) is 6. The van der Waals surface area contributed by atoms with Gasteiger partial charge in [0.2, 0.25) is 5.91 Å². The number of carbonyl (C=O) groups is 1. The molecule has 1 amide bonds. The maximum absolute atomic E-state index is 13.5. The van der Waals surface area contributed by atoms with Gasteiger partial charge in [0.05, 0.1) is 38.6 Å². The molecule has 0 radical (unpaired) electrons. The molecule has 3 rings (SSSR count). The first-order valence-corrected chi connectivity index (χ1v) is 42.8. The summed E-state index contributed by atoms with van der Waals surface area (Å²) in [4.78, 5) is 13.5. The smallest absolute Gasteiger partial charge is 0.220 e. The molecule has 108 heavy (non-hydrogen) atoms.